The van der Waals surface area contributed by atoms with E-state index in [-0.39, 0.29) is 24.4 Å². The Morgan fingerprint density at radius 1 is 0.711 bits per heavy atom. The molecule has 1 saturated heterocycles. The van der Waals surface area contributed by atoms with Crippen molar-refractivity contribution in [3.63, 3.8) is 0 Å². The first-order valence-corrected chi connectivity index (χ1v) is 31.7. The minimum Gasteiger partial charge on any atom is -0.462 e. The van der Waals surface area contributed by atoms with Crippen molar-refractivity contribution < 1.29 is 71.1 Å². The molecule has 0 saturated carbocycles. The fourth-order valence-electron chi connectivity index (χ4n) is 8.68. The van der Waals surface area contributed by atoms with Gasteiger partial charge >= 0.3 is 33.3 Å². The molecule has 2 heterocycles. The van der Waals surface area contributed by atoms with Crippen molar-refractivity contribution in [1.82, 2.24) is 9.55 Å². The molecular weight excluding hydrogens is 1020 g/mol. The number of aromatic nitrogens is 2. The number of nitrogens with two attached hydrogens (primary N) is 1. The lowest BCUT2D eigenvalue weighted by atomic mass is 9.99. The number of nitrogens with zero attached hydrogens (tertiary/aromatic N) is 2. The van der Waals surface area contributed by atoms with Crippen molar-refractivity contribution in [2.75, 3.05) is 25.6 Å². The van der Waals surface area contributed by atoms with Crippen LogP contribution in [-0.2, 0) is 51.1 Å². The van der Waals surface area contributed by atoms with Crippen LogP contribution in [0.1, 0.15) is 232 Å². The number of hydrogen-bond donors (Lipinski definition) is 5. The number of ether oxygens (including phenoxy) is 3. The Hall–Kier alpha value is -3.09. The van der Waals surface area contributed by atoms with E-state index in [0.29, 0.717) is 32.1 Å². The topological polar surface area (TPSA) is 283 Å². The van der Waals surface area contributed by atoms with E-state index in [1.54, 1.807) is 12.2 Å². The number of allylic oxidation sites excluding steroid dienone is 4. The molecule has 19 nitrogen and oxygen atoms in total. The molecule has 0 spiro atoms. The van der Waals surface area contributed by atoms with Gasteiger partial charge in [-0.2, -0.15) is 9.29 Å². The fraction of sp³-hybridized carbons (Fsp3) is 0.800. The number of anilines is 1. The van der Waals surface area contributed by atoms with Crippen molar-refractivity contribution in [3.8, 4) is 0 Å². The van der Waals surface area contributed by atoms with E-state index in [4.69, 9.17) is 29.0 Å². The van der Waals surface area contributed by atoms with Gasteiger partial charge in [-0.3, -0.25) is 28.0 Å². The van der Waals surface area contributed by atoms with Gasteiger partial charge in [0.15, 0.2) is 18.1 Å². The summed E-state index contributed by atoms with van der Waals surface area (Å²) in [5.41, 5.74) is 4.59. The summed E-state index contributed by atoms with van der Waals surface area (Å²) >= 11 is 0. The third kappa shape index (κ3) is 34.0. The van der Waals surface area contributed by atoms with Crippen LogP contribution in [0, 0.1) is 5.92 Å². The number of nitrogen functional groups attached to an aromatic ring is 1. The number of hydrogen-bond acceptors (Lipinski definition) is 16. The summed E-state index contributed by atoms with van der Waals surface area (Å²) in [5, 5.41) is 20.9. The van der Waals surface area contributed by atoms with Gasteiger partial charge in [0.05, 0.1) is 13.2 Å². The van der Waals surface area contributed by atoms with E-state index in [9.17, 15) is 48.3 Å². The van der Waals surface area contributed by atoms with Gasteiger partial charge in [0, 0.05) is 25.5 Å². The molecule has 0 bridgehead atoms. The van der Waals surface area contributed by atoms with Crippen LogP contribution in [0.3, 0.4) is 0 Å². The van der Waals surface area contributed by atoms with E-state index in [1.165, 1.54) is 109 Å². The second kappa shape index (κ2) is 41.9. The summed E-state index contributed by atoms with van der Waals surface area (Å²) in [7, 11) is -10.9. The van der Waals surface area contributed by atoms with Crippen LogP contribution in [0.4, 0.5) is 5.82 Å². The number of phosphoric acid groups is 2. The molecule has 438 valence electrons. The normalized spacial score (nSPS) is 19.2. The molecule has 1 aliphatic heterocycles. The van der Waals surface area contributed by atoms with Crippen LogP contribution in [0.25, 0.3) is 0 Å². The van der Waals surface area contributed by atoms with Crippen molar-refractivity contribution in [3.05, 3.63) is 47.1 Å². The van der Waals surface area contributed by atoms with Gasteiger partial charge in [0.25, 0.3) is 0 Å². The van der Waals surface area contributed by atoms with Gasteiger partial charge in [0.2, 0.25) is 0 Å². The van der Waals surface area contributed by atoms with Crippen molar-refractivity contribution in [2.24, 2.45) is 5.92 Å². The van der Waals surface area contributed by atoms with Gasteiger partial charge in [-0.1, -0.05) is 193 Å². The van der Waals surface area contributed by atoms with E-state index in [2.05, 4.69) is 36.1 Å². The second-order valence-corrected chi connectivity index (χ2v) is 23.5. The van der Waals surface area contributed by atoms with Crippen LogP contribution >= 0.6 is 15.6 Å². The predicted octanol–water partition coefficient (Wildman–Crippen LogP) is 12.0. The summed E-state index contributed by atoms with van der Waals surface area (Å²) in [4.78, 5) is 74.3. The maximum absolute atomic E-state index is 12.9. The van der Waals surface area contributed by atoms with E-state index in [0.717, 1.165) is 74.5 Å². The van der Waals surface area contributed by atoms with E-state index in [1.807, 2.05) is 6.08 Å². The largest absolute Gasteiger partial charge is 0.481 e. The maximum atomic E-state index is 12.9. The van der Waals surface area contributed by atoms with Crippen LogP contribution < -0.4 is 11.4 Å². The molecule has 2 rings (SSSR count). The lowest BCUT2D eigenvalue weighted by molar-refractivity contribution is -0.161. The van der Waals surface area contributed by atoms with Crippen LogP contribution in [0.2, 0.25) is 0 Å². The van der Waals surface area contributed by atoms with Gasteiger partial charge in [0.1, 0.15) is 30.7 Å². The molecule has 1 aromatic heterocycles. The molecule has 8 atom stereocenters. The summed E-state index contributed by atoms with van der Waals surface area (Å²) in [6.45, 7) is 4.40. The number of unbranched alkanes of at least 4 members (excludes halogenated alkanes) is 24. The molecule has 0 amide bonds. The van der Waals surface area contributed by atoms with Crippen molar-refractivity contribution >= 4 is 39.2 Å². The Bertz CT molecular complexity index is 1950. The predicted molar refractivity (Wildman–Crippen MR) is 294 cm³/mol. The molecule has 0 aromatic carbocycles. The third-order valence-corrected chi connectivity index (χ3v) is 16.2. The lowest BCUT2D eigenvalue weighted by Gasteiger charge is -2.21. The zero-order valence-electron chi connectivity index (χ0n) is 46.2. The Labute approximate surface area is 453 Å². The second-order valence-electron chi connectivity index (χ2n) is 20.4. The summed E-state index contributed by atoms with van der Waals surface area (Å²) < 4.78 is 56.9. The minimum atomic E-state index is -5.45. The zero-order valence-corrected chi connectivity index (χ0v) is 48.0. The Morgan fingerprint density at radius 2 is 1.24 bits per heavy atom. The number of phosphoric ester groups is 2. The van der Waals surface area contributed by atoms with Gasteiger partial charge in [-0.25, -0.2) is 13.9 Å². The van der Waals surface area contributed by atoms with Gasteiger partial charge in [-0.15, -0.1) is 0 Å². The lowest BCUT2D eigenvalue weighted by Crippen LogP contribution is -2.36. The average molecular weight is 1120 g/mol. The first kappa shape index (κ1) is 69.0. The highest BCUT2D eigenvalue weighted by atomic mass is 31.3. The molecule has 0 radical (unpaired) electrons. The number of carbonyl (C=O) groups excluding carboxylic acids is 3. The molecule has 21 heteroatoms. The Morgan fingerprint density at radius 3 is 1.79 bits per heavy atom. The molecule has 0 aliphatic carbocycles. The summed E-state index contributed by atoms with van der Waals surface area (Å²) in [6.07, 6.45) is 33.5. The number of rotatable bonds is 48. The quantitative estimate of drug-likeness (QED) is 0.0133. The van der Waals surface area contributed by atoms with E-state index < -0.39 is 83.7 Å². The highest BCUT2D eigenvalue weighted by Crippen LogP contribution is 2.60. The minimum absolute atomic E-state index is 0.0309. The molecule has 1 fully saturated rings. The molecule has 3 unspecified atom stereocenters. The number of ketones is 1. The van der Waals surface area contributed by atoms with Crippen LogP contribution in [0.5, 0.6) is 0 Å². The summed E-state index contributed by atoms with van der Waals surface area (Å²) in [5.74, 6) is -0.463. The third-order valence-electron chi connectivity index (χ3n) is 13.6. The maximum Gasteiger partial charge on any atom is 0.481 e. The Kier molecular flexibility index (Phi) is 38.0. The number of esters is 2. The van der Waals surface area contributed by atoms with E-state index >= 15 is 0 Å². The highest BCUT2D eigenvalue weighted by molar-refractivity contribution is 7.61. The molecule has 6 N–H and O–H groups in total. The smallest absolute Gasteiger partial charge is 0.462 e. The molecule has 76 heavy (non-hydrogen) atoms. The number of aliphatic hydroxyl groups is 2. The average Bonchev–Trinajstić information content (AvgIpc) is 3.66. The van der Waals surface area contributed by atoms with Crippen LogP contribution in [0.15, 0.2) is 41.4 Å². The highest BCUT2D eigenvalue weighted by Gasteiger charge is 2.46. The SMILES string of the molecule is CCCCC/C=C\C=C\C(=O)CCCCCCCC(=O)O[C@H](COC(=O)CCCCCCCCCCCCCCCCCCCCC(C)CC)COP(=O)(O)OP(=O)(O)OC[C@H]1O[C@@H](n2ccc(N)nc2=O)[C@H](O)[C@@H]1O. The summed E-state index contributed by atoms with van der Waals surface area (Å²) in [6, 6.07) is 1.24. The van der Waals surface area contributed by atoms with Crippen molar-refractivity contribution in [1.29, 1.82) is 0 Å². The fourth-order valence-corrected chi connectivity index (χ4v) is 10.8. The molecule has 1 aliphatic rings. The van der Waals surface area contributed by atoms with Crippen molar-refractivity contribution in [2.45, 2.75) is 257 Å². The zero-order chi connectivity index (χ0) is 55.9. The number of carbonyl (C=O) groups is 3. The first-order chi connectivity index (χ1) is 36.5. The molecular formula is C55H97N3O16P2. The van der Waals surface area contributed by atoms with Gasteiger partial charge in [-0.05, 0) is 50.2 Å². The molecule has 1 aromatic rings. The number of aliphatic hydroxyl groups excluding tert-OH is 2. The first-order valence-electron chi connectivity index (χ1n) is 28.7. The van der Waals surface area contributed by atoms with Gasteiger partial charge < -0.3 is 39.9 Å². The standard InChI is InChI=1S/C55H97N3O16P2/c1-4-6-7-8-21-26-31-36-46(59)37-32-27-24-29-34-39-51(61)72-47(42-69-50(60)38-33-28-23-20-18-16-14-12-10-9-11-13-15-17-19-22-25-30-35-45(3)5-2)43-70-75(65,66)74-76(67,68)71-44-48-52(62)53(63)54(73-48)58-41-40-49(56)57-55(58)64/h21,26,31,36,40-41,45,47-48,52-54,62-63H,4-20,22-25,27-30,32-35,37-39,42-44H2,1-3H3,(H,65,66)(H,67,68)(H2,56,57,64)/b26-21-,36-31+/t45?,47-,48-,52-,53-,54-/m1/s1. The monoisotopic (exact) mass is 1120 g/mol. The van der Waals surface area contributed by atoms with Crippen LogP contribution in [-0.4, -0.2) is 91.5 Å². The Balaban J connectivity index is 1.75.